The summed E-state index contributed by atoms with van der Waals surface area (Å²) in [6, 6.07) is 17.3. The first-order valence-corrected chi connectivity index (χ1v) is 8.84. The van der Waals surface area contributed by atoms with E-state index in [9.17, 15) is 9.59 Å². The molecule has 0 aliphatic carbocycles. The minimum absolute atomic E-state index is 0.00888. The molecule has 0 fully saturated rings. The number of carboxylic acid groups (broad SMARTS) is 1. The fraction of sp³-hybridized carbons (Fsp3) is 0.217. The zero-order valence-corrected chi connectivity index (χ0v) is 15.9. The summed E-state index contributed by atoms with van der Waals surface area (Å²) in [5.74, 6) is -1.35. The van der Waals surface area contributed by atoms with E-state index in [4.69, 9.17) is 5.11 Å². The monoisotopic (exact) mass is 363 g/mol. The Morgan fingerprint density at radius 1 is 1.00 bits per heavy atom. The molecule has 1 unspecified atom stereocenters. The maximum absolute atomic E-state index is 12.8. The van der Waals surface area contributed by atoms with Crippen LogP contribution in [0.3, 0.4) is 0 Å². The van der Waals surface area contributed by atoms with Gasteiger partial charge in [0.25, 0.3) is 0 Å². The molecular formula is C23H25NO3. The van der Waals surface area contributed by atoms with Gasteiger partial charge in [0.15, 0.2) is 5.78 Å². The van der Waals surface area contributed by atoms with Crippen LogP contribution in [0.2, 0.25) is 0 Å². The molecule has 140 valence electrons. The zero-order valence-electron chi connectivity index (χ0n) is 15.9. The first-order valence-electron chi connectivity index (χ1n) is 8.84. The largest absolute Gasteiger partial charge is 0.478 e. The third kappa shape index (κ3) is 6.26. The number of carboxylic acids is 1. The number of Topliss-reactive ketones (excluding diaryl/α,β-unsaturated/α-hetero) is 1. The molecule has 0 aliphatic rings. The van der Waals surface area contributed by atoms with Crippen LogP contribution in [0, 0.1) is 5.92 Å². The first kappa shape index (κ1) is 20.2. The predicted molar refractivity (Wildman–Crippen MR) is 109 cm³/mol. The average molecular weight is 363 g/mol. The van der Waals surface area contributed by atoms with E-state index in [1.165, 1.54) is 0 Å². The number of benzene rings is 2. The summed E-state index contributed by atoms with van der Waals surface area (Å²) in [6.07, 6.45) is 5.09. The summed E-state index contributed by atoms with van der Waals surface area (Å²) in [4.78, 5) is 25.6. The molecule has 0 aromatic heterocycles. The Kier molecular flexibility index (Phi) is 7.12. The molecule has 2 aromatic carbocycles. The van der Waals surface area contributed by atoms with Crippen molar-refractivity contribution in [2.45, 2.75) is 13.3 Å². The number of ketones is 1. The molecule has 0 saturated heterocycles. The van der Waals surface area contributed by atoms with Crippen molar-refractivity contribution in [3.05, 3.63) is 89.5 Å². The van der Waals surface area contributed by atoms with Gasteiger partial charge >= 0.3 is 5.97 Å². The first-order chi connectivity index (χ1) is 12.9. The SMILES string of the molecule is CC(/C=C(/C=C/C(=O)O)Cc1ccccc1)C(=O)c1ccc(N(C)C)cc1. The number of carbonyl (C=O) groups is 2. The molecule has 4 nitrogen and oxygen atoms in total. The molecule has 0 aliphatic heterocycles. The van der Waals surface area contributed by atoms with Crippen molar-refractivity contribution >= 4 is 17.4 Å². The standard InChI is InChI=1S/C23H25NO3/c1-17(23(27)20-10-12-21(13-11-20)24(2)3)15-19(9-14-22(25)26)16-18-7-5-4-6-8-18/h4-15,17H,16H2,1-3H3,(H,25,26)/b14-9+,19-15-. The number of aliphatic carboxylic acids is 1. The lowest BCUT2D eigenvalue weighted by Gasteiger charge is -2.13. The van der Waals surface area contributed by atoms with Gasteiger partial charge in [-0.15, -0.1) is 0 Å². The van der Waals surface area contributed by atoms with E-state index in [-0.39, 0.29) is 11.7 Å². The summed E-state index contributed by atoms with van der Waals surface area (Å²) >= 11 is 0. The second-order valence-corrected chi connectivity index (χ2v) is 6.67. The minimum Gasteiger partial charge on any atom is -0.478 e. The Morgan fingerprint density at radius 2 is 1.63 bits per heavy atom. The minimum atomic E-state index is -1.01. The number of anilines is 1. The third-order valence-electron chi connectivity index (χ3n) is 4.24. The van der Waals surface area contributed by atoms with Gasteiger partial charge in [0.2, 0.25) is 0 Å². The fourth-order valence-corrected chi connectivity index (χ4v) is 2.77. The van der Waals surface area contributed by atoms with Gasteiger partial charge in [-0.2, -0.15) is 0 Å². The summed E-state index contributed by atoms with van der Waals surface area (Å²) in [5, 5.41) is 8.94. The summed E-state index contributed by atoms with van der Waals surface area (Å²) in [7, 11) is 3.90. The molecule has 2 rings (SSSR count). The lowest BCUT2D eigenvalue weighted by Crippen LogP contribution is -2.12. The lowest BCUT2D eigenvalue weighted by molar-refractivity contribution is -0.131. The van der Waals surface area contributed by atoms with Gasteiger partial charge in [-0.05, 0) is 41.8 Å². The molecule has 2 aromatic rings. The van der Waals surface area contributed by atoms with E-state index >= 15 is 0 Å². The Labute approximate surface area is 160 Å². The smallest absolute Gasteiger partial charge is 0.328 e. The van der Waals surface area contributed by atoms with Crippen LogP contribution < -0.4 is 4.90 Å². The van der Waals surface area contributed by atoms with E-state index in [0.29, 0.717) is 12.0 Å². The van der Waals surface area contributed by atoms with E-state index in [1.54, 1.807) is 6.08 Å². The Bertz CT molecular complexity index is 834. The maximum atomic E-state index is 12.8. The Hall–Kier alpha value is -3.14. The molecule has 0 amide bonds. The van der Waals surface area contributed by atoms with E-state index in [0.717, 1.165) is 22.9 Å². The van der Waals surface area contributed by atoms with Crippen LogP contribution in [-0.4, -0.2) is 31.0 Å². The fourth-order valence-electron chi connectivity index (χ4n) is 2.77. The third-order valence-corrected chi connectivity index (χ3v) is 4.24. The number of hydrogen-bond acceptors (Lipinski definition) is 3. The van der Waals surface area contributed by atoms with Gasteiger partial charge < -0.3 is 10.0 Å². The van der Waals surface area contributed by atoms with Crippen molar-refractivity contribution in [1.29, 1.82) is 0 Å². The summed E-state index contributed by atoms with van der Waals surface area (Å²) < 4.78 is 0. The van der Waals surface area contributed by atoms with Gasteiger partial charge in [-0.25, -0.2) is 4.79 Å². The number of allylic oxidation sites excluding steroid dienone is 3. The van der Waals surface area contributed by atoms with Gasteiger partial charge in [0.05, 0.1) is 0 Å². The van der Waals surface area contributed by atoms with Crippen LogP contribution in [0.5, 0.6) is 0 Å². The topological polar surface area (TPSA) is 57.6 Å². The van der Waals surface area contributed by atoms with E-state index in [2.05, 4.69) is 0 Å². The van der Waals surface area contributed by atoms with E-state index < -0.39 is 5.97 Å². The zero-order chi connectivity index (χ0) is 19.8. The second kappa shape index (κ2) is 9.53. The highest BCUT2D eigenvalue weighted by Crippen LogP contribution is 2.18. The summed E-state index contributed by atoms with van der Waals surface area (Å²) in [6.45, 7) is 1.84. The van der Waals surface area contributed by atoms with Crippen LogP contribution in [-0.2, 0) is 11.2 Å². The number of carbonyl (C=O) groups excluding carboxylic acids is 1. The van der Waals surface area contributed by atoms with E-state index in [1.807, 2.05) is 86.6 Å². The number of nitrogens with zero attached hydrogens (tertiary/aromatic N) is 1. The van der Waals surface area contributed by atoms with Crippen LogP contribution in [0.15, 0.2) is 78.4 Å². The highest BCUT2D eigenvalue weighted by Gasteiger charge is 2.14. The van der Waals surface area contributed by atoms with Crippen molar-refractivity contribution in [2.24, 2.45) is 5.92 Å². The number of hydrogen-bond donors (Lipinski definition) is 1. The van der Waals surface area contributed by atoms with Crippen molar-refractivity contribution in [1.82, 2.24) is 0 Å². The van der Waals surface area contributed by atoms with Gasteiger partial charge in [-0.3, -0.25) is 4.79 Å². The molecule has 1 atom stereocenters. The van der Waals surface area contributed by atoms with Gasteiger partial charge in [0, 0.05) is 37.3 Å². The maximum Gasteiger partial charge on any atom is 0.328 e. The van der Waals surface area contributed by atoms with Crippen LogP contribution in [0.1, 0.15) is 22.8 Å². The normalized spacial score (nSPS) is 12.8. The molecule has 0 bridgehead atoms. The van der Waals surface area contributed by atoms with Crippen molar-refractivity contribution < 1.29 is 14.7 Å². The van der Waals surface area contributed by atoms with Crippen LogP contribution in [0.25, 0.3) is 0 Å². The lowest BCUT2D eigenvalue weighted by atomic mass is 9.94. The summed E-state index contributed by atoms with van der Waals surface area (Å²) in [5.41, 5.74) is 3.54. The quantitative estimate of drug-likeness (QED) is 0.429. The molecule has 0 heterocycles. The Balaban J connectivity index is 2.22. The van der Waals surface area contributed by atoms with Crippen LogP contribution >= 0.6 is 0 Å². The predicted octanol–water partition coefficient (Wildman–Crippen LogP) is 4.38. The molecule has 27 heavy (non-hydrogen) atoms. The molecule has 0 radical (unpaired) electrons. The second-order valence-electron chi connectivity index (χ2n) is 6.67. The van der Waals surface area contributed by atoms with Crippen molar-refractivity contribution in [3.63, 3.8) is 0 Å². The molecular weight excluding hydrogens is 338 g/mol. The Morgan fingerprint density at radius 3 is 2.19 bits per heavy atom. The highest BCUT2D eigenvalue weighted by atomic mass is 16.4. The highest BCUT2D eigenvalue weighted by molar-refractivity contribution is 5.99. The van der Waals surface area contributed by atoms with Crippen molar-refractivity contribution in [2.75, 3.05) is 19.0 Å². The molecule has 4 heteroatoms. The average Bonchev–Trinajstić information content (AvgIpc) is 2.66. The van der Waals surface area contributed by atoms with Gasteiger partial charge in [-0.1, -0.05) is 49.4 Å². The van der Waals surface area contributed by atoms with Crippen molar-refractivity contribution in [3.8, 4) is 0 Å². The van der Waals surface area contributed by atoms with Crippen LogP contribution in [0.4, 0.5) is 5.69 Å². The molecule has 1 N–H and O–H groups in total. The molecule has 0 saturated carbocycles. The van der Waals surface area contributed by atoms with Gasteiger partial charge in [0.1, 0.15) is 0 Å². The number of rotatable bonds is 8. The molecule has 0 spiro atoms.